The third-order valence-electron chi connectivity index (χ3n) is 3.80. The van der Waals surface area contributed by atoms with Crippen molar-refractivity contribution < 1.29 is 18.4 Å². The summed E-state index contributed by atoms with van der Waals surface area (Å²) >= 11 is 0.964. The number of amides is 2. The predicted octanol–water partition coefficient (Wildman–Crippen LogP) is 3.77. The molecule has 2 amide bonds. The van der Waals surface area contributed by atoms with Gasteiger partial charge in [-0.3, -0.25) is 9.59 Å². The van der Waals surface area contributed by atoms with Gasteiger partial charge in [-0.1, -0.05) is 18.2 Å². The second-order valence-corrected chi connectivity index (χ2v) is 6.95. The highest BCUT2D eigenvalue weighted by molar-refractivity contribution is 8.00. The molecule has 0 aromatic heterocycles. The van der Waals surface area contributed by atoms with Crippen LogP contribution in [0.1, 0.15) is 11.1 Å². The van der Waals surface area contributed by atoms with Gasteiger partial charge in [0.2, 0.25) is 11.8 Å². The van der Waals surface area contributed by atoms with Gasteiger partial charge in [0.1, 0.15) is 11.6 Å². The highest BCUT2D eigenvalue weighted by Crippen LogP contribution is 2.23. The monoisotopic (exact) mass is 378 g/mol. The van der Waals surface area contributed by atoms with Gasteiger partial charge in [0.15, 0.2) is 0 Å². The summed E-state index contributed by atoms with van der Waals surface area (Å²) in [4.78, 5) is 25.8. The van der Waals surface area contributed by atoms with E-state index in [1.54, 1.807) is 0 Å². The first-order valence-electron chi connectivity index (χ1n) is 7.96. The van der Waals surface area contributed by atoms with Crippen LogP contribution in [0, 0.1) is 25.5 Å². The second kappa shape index (κ2) is 8.80. The highest BCUT2D eigenvalue weighted by atomic mass is 32.2. The van der Waals surface area contributed by atoms with Gasteiger partial charge in [0.25, 0.3) is 0 Å². The van der Waals surface area contributed by atoms with Crippen molar-refractivity contribution in [3.05, 3.63) is 59.2 Å². The lowest BCUT2D eigenvalue weighted by Crippen LogP contribution is -2.36. The van der Waals surface area contributed by atoms with Gasteiger partial charge in [-0.25, -0.2) is 8.78 Å². The summed E-state index contributed by atoms with van der Waals surface area (Å²) in [6.45, 7) is 3.68. The van der Waals surface area contributed by atoms with Crippen molar-refractivity contribution in [1.29, 1.82) is 0 Å². The van der Waals surface area contributed by atoms with E-state index in [1.165, 1.54) is 18.0 Å². The lowest BCUT2D eigenvalue weighted by molar-refractivity contribution is -0.131. The number of carbonyl (C=O) groups excluding carboxylic acids is 2. The van der Waals surface area contributed by atoms with E-state index in [0.717, 1.165) is 40.7 Å². The van der Waals surface area contributed by atoms with Crippen molar-refractivity contribution in [2.24, 2.45) is 0 Å². The zero-order valence-corrected chi connectivity index (χ0v) is 15.6. The molecule has 0 saturated carbocycles. The Labute approximate surface area is 155 Å². The van der Waals surface area contributed by atoms with Crippen LogP contribution in [0.25, 0.3) is 0 Å². The van der Waals surface area contributed by atoms with Gasteiger partial charge in [0.05, 0.1) is 12.3 Å². The molecule has 2 aromatic rings. The quantitative estimate of drug-likeness (QED) is 0.779. The summed E-state index contributed by atoms with van der Waals surface area (Å²) < 4.78 is 26.5. The molecule has 26 heavy (non-hydrogen) atoms. The minimum absolute atomic E-state index is 0.0459. The minimum Gasteiger partial charge on any atom is -0.336 e. The van der Waals surface area contributed by atoms with Gasteiger partial charge < -0.3 is 10.2 Å². The molecule has 7 heteroatoms. The Hall–Kier alpha value is -2.41. The molecule has 0 radical (unpaired) electrons. The molecule has 0 aliphatic heterocycles. The molecular weight excluding hydrogens is 358 g/mol. The molecule has 0 aliphatic rings. The van der Waals surface area contributed by atoms with Gasteiger partial charge in [-0.05, 0) is 37.1 Å². The number of carbonyl (C=O) groups is 2. The number of rotatable bonds is 6. The van der Waals surface area contributed by atoms with Gasteiger partial charge in [-0.15, -0.1) is 11.8 Å². The molecule has 4 nitrogen and oxygen atoms in total. The van der Waals surface area contributed by atoms with Crippen molar-refractivity contribution >= 4 is 29.3 Å². The summed E-state index contributed by atoms with van der Waals surface area (Å²) in [5.41, 5.74) is 2.62. The summed E-state index contributed by atoms with van der Waals surface area (Å²) in [6.07, 6.45) is 0. The van der Waals surface area contributed by atoms with Crippen molar-refractivity contribution in [3.63, 3.8) is 0 Å². The first kappa shape index (κ1) is 19.9. The normalized spacial score (nSPS) is 10.5. The topological polar surface area (TPSA) is 49.4 Å². The average molecular weight is 378 g/mol. The standard InChI is InChI=1S/C19H20F2N2O2S/c1-12-5-4-6-13(2)19(12)22-17(24)10-23(3)18(25)11-26-16-8-7-14(20)9-15(16)21/h4-9H,10-11H2,1-3H3,(H,22,24). The summed E-state index contributed by atoms with van der Waals surface area (Å²) in [6, 6.07) is 8.89. The van der Waals surface area contributed by atoms with Crippen LogP contribution in [0.15, 0.2) is 41.3 Å². The fourth-order valence-electron chi connectivity index (χ4n) is 2.34. The van der Waals surface area contributed by atoms with E-state index in [-0.39, 0.29) is 29.0 Å². The van der Waals surface area contributed by atoms with Crippen molar-refractivity contribution in [3.8, 4) is 0 Å². The molecule has 0 saturated heterocycles. The SMILES string of the molecule is Cc1cccc(C)c1NC(=O)CN(C)C(=O)CSc1ccc(F)cc1F. The van der Waals surface area contributed by atoms with Gasteiger partial charge in [-0.2, -0.15) is 0 Å². The number of nitrogens with one attached hydrogen (secondary N) is 1. The first-order valence-corrected chi connectivity index (χ1v) is 8.94. The van der Waals surface area contributed by atoms with Crippen molar-refractivity contribution in [1.82, 2.24) is 4.90 Å². The number of nitrogens with zero attached hydrogens (tertiary/aromatic N) is 1. The van der Waals surface area contributed by atoms with E-state index < -0.39 is 11.6 Å². The number of para-hydroxylation sites is 1. The lowest BCUT2D eigenvalue weighted by atomic mass is 10.1. The number of hydrogen-bond acceptors (Lipinski definition) is 3. The number of anilines is 1. The molecule has 0 heterocycles. The van der Waals surface area contributed by atoms with Crippen LogP contribution >= 0.6 is 11.8 Å². The largest absolute Gasteiger partial charge is 0.336 e. The molecule has 2 aromatic carbocycles. The Morgan fingerprint density at radius 3 is 2.38 bits per heavy atom. The molecule has 0 fully saturated rings. The van der Waals surface area contributed by atoms with Crippen LogP contribution in [0.5, 0.6) is 0 Å². The highest BCUT2D eigenvalue weighted by Gasteiger charge is 2.15. The molecule has 0 atom stereocenters. The molecule has 138 valence electrons. The molecule has 0 bridgehead atoms. The smallest absolute Gasteiger partial charge is 0.243 e. The van der Waals surface area contributed by atoms with Crippen LogP contribution in [0.3, 0.4) is 0 Å². The number of halogens is 2. The van der Waals surface area contributed by atoms with Crippen LogP contribution in [0.4, 0.5) is 14.5 Å². The van der Waals surface area contributed by atoms with E-state index in [0.29, 0.717) is 0 Å². The maximum absolute atomic E-state index is 13.6. The van der Waals surface area contributed by atoms with Crippen LogP contribution in [-0.4, -0.2) is 36.1 Å². The molecule has 0 unspecified atom stereocenters. The number of thioether (sulfide) groups is 1. The summed E-state index contributed by atoms with van der Waals surface area (Å²) in [5.74, 6) is -2.06. The van der Waals surface area contributed by atoms with Crippen molar-refractivity contribution in [2.75, 3.05) is 24.7 Å². The van der Waals surface area contributed by atoms with Crippen LogP contribution in [-0.2, 0) is 9.59 Å². The first-order chi connectivity index (χ1) is 12.3. The number of benzene rings is 2. The average Bonchev–Trinajstić information content (AvgIpc) is 2.57. The molecule has 0 spiro atoms. The minimum atomic E-state index is -0.710. The number of aryl methyl sites for hydroxylation is 2. The van der Waals surface area contributed by atoms with E-state index in [9.17, 15) is 18.4 Å². The molecular formula is C19H20F2N2O2S. The van der Waals surface area contributed by atoms with E-state index in [1.807, 2.05) is 32.0 Å². The Bertz CT molecular complexity index is 807. The third kappa shape index (κ3) is 5.29. The van der Waals surface area contributed by atoms with Gasteiger partial charge in [0, 0.05) is 23.7 Å². The summed E-state index contributed by atoms with van der Waals surface area (Å²) in [5, 5.41) is 2.81. The predicted molar refractivity (Wildman–Crippen MR) is 99.3 cm³/mol. The van der Waals surface area contributed by atoms with E-state index >= 15 is 0 Å². The second-order valence-electron chi connectivity index (χ2n) is 5.93. The zero-order chi connectivity index (χ0) is 19.3. The Morgan fingerprint density at radius 1 is 1.12 bits per heavy atom. The van der Waals surface area contributed by atoms with Gasteiger partial charge >= 0.3 is 0 Å². The Morgan fingerprint density at radius 2 is 1.77 bits per heavy atom. The molecule has 1 N–H and O–H groups in total. The summed E-state index contributed by atoms with van der Waals surface area (Å²) in [7, 11) is 1.51. The number of likely N-dealkylation sites (N-methyl/N-ethyl adjacent to an activating group) is 1. The van der Waals surface area contributed by atoms with Crippen LogP contribution < -0.4 is 5.32 Å². The Balaban J connectivity index is 1.89. The molecule has 0 aliphatic carbocycles. The Kier molecular flexibility index (Phi) is 6.74. The lowest BCUT2D eigenvalue weighted by Gasteiger charge is -2.18. The molecule has 2 rings (SSSR count). The van der Waals surface area contributed by atoms with E-state index in [2.05, 4.69) is 5.32 Å². The van der Waals surface area contributed by atoms with E-state index in [4.69, 9.17) is 0 Å². The number of hydrogen-bond donors (Lipinski definition) is 1. The zero-order valence-electron chi connectivity index (χ0n) is 14.8. The fourth-order valence-corrected chi connectivity index (χ4v) is 3.20. The van der Waals surface area contributed by atoms with Crippen LogP contribution in [0.2, 0.25) is 0 Å². The maximum Gasteiger partial charge on any atom is 0.243 e. The fraction of sp³-hybridized carbons (Fsp3) is 0.263. The maximum atomic E-state index is 13.6. The van der Waals surface area contributed by atoms with Crippen molar-refractivity contribution in [2.45, 2.75) is 18.7 Å². The third-order valence-corrected chi connectivity index (χ3v) is 4.83.